The van der Waals surface area contributed by atoms with Gasteiger partial charge in [-0.05, 0) is 52.4 Å². The summed E-state index contributed by atoms with van der Waals surface area (Å²) in [6.07, 6.45) is 0. The van der Waals surface area contributed by atoms with E-state index in [2.05, 4.69) is 26.0 Å². The predicted octanol–water partition coefficient (Wildman–Crippen LogP) is 3.39. The number of carbonyl (C=O) groups is 2. The van der Waals surface area contributed by atoms with Crippen LogP contribution < -0.4 is 5.32 Å². The fraction of sp³-hybridized carbons (Fsp3) is 0.467. The molecule has 118 valence electrons. The third-order valence-electron chi connectivity index (χ3n) is 2.55. The van der Waals surface area contributed by atoms with Crippen LogP contribution in [0.15, 0.2) is 22.7 Å². The summed E-state index contributed by atoms with van der Waals surface area (Å²) in [6.45, 7) is 7.94. The standard InChI is InChI=1S/C10H12BrNO2.C5H10O2/c1-6(12-2)8-4-3-7(10(13)14)5-9(8)11;1-5(2,3)7-4-6/h3-6,12H,1-2H3,(H,13,14);4H,1-3H3. The summed E-state index contributed by atoms with van der Waals surface area (Å²) in [5.41, 5.74) is 1.03. The van der Waals surface area contributed by atoms with Gasteiger partial charge in [0.05, 0.1) is 5.56 Å². The Morgan fingerprint density at radius 3 is 2.29 bits per heavy atom. The van der Waals surface area contributed by atoms with Gasteiger partial charge in [-0.25, -0.2) is 4.79 Å². The van der Waals surface area contributed by atoms with Crippen molar-refractivity contribution in [1.29, 1.82) is 0 Å². The Hall–Kier alpha value is -1.40. The fourth-order valence-electron chi connectivity index (χ4n) is 1.31. The lowest BCUT2D eigenvalue weighted by atomic mass is 10.1. The van der Waals surface area contributed by atoms with E-state index >= 15 is 0 Å². The number of rotatable bonds is 4. The average Bonchev–Trinajstić information content (AvgIpc) is 2.37. The molecule has 1 atom stereocenters. The van der Waals surface area contributed by atoms with Gasteiger partial charge in [-0.15, -0.1) is 0 Å². The molecule has 0 spiro atoms. The van der Waals surface area contributed by atoms with Gasteiger partial charge in [0.25, 0.3) is 6.47 Å². The van der Waals surface area contributed by atoms with E-state index in [1.807, 2.05) is 40.8 Å². The lowest BCUT2D eigenvalue weighted by molar-refractivity contribution is -0.138. The molecule has 0 radical (unpaired) electrons. The Kier molecular flexibility index (Phi) is 8.21. The number of hydrogen-bond acceptors (Lipinski definition) is 4. The highest BCUT2D eigenvalue weighted by atomic mass is 79.9. The topological polar surface area (TPSA) is 75.6 Å². The number of benzene rings is 1. The van der Waals surface area contributed by atoms with E-state index in [0.717, 1.165) is 10.0 Å². The van der Waals surface area contributed by atoms with E-state index in [9.17, 15) is 9.59 Å². The van der Waals surface area contributed by atoms with E-state index in [1.54, 1.807) is 12.1 Å². The molecule has 6 heteroatoms. The zero-order chi connectivity index (χ0) is 16.6. The summed E-state index contributed by atoms with van der Waals surface area (Å²) in [5, 5.41) is 11.9. The van der Waals surface area contributed by atoms with Crippen molar-refractivity contribution in [2.75, 3.05) is 7.05 Å². The smallest absolute Gasteiger partial charge is 0.335 e. The summed E-state index contributed by atoms with van der Waals surface area (Å²) >= 11 is 3.35. The van der Waals surface area contributed by atoms with Crippen LogP contribution >= 0.6 is 15.9 Å². The van der Waals surface area contributed by atoms with Crippen LogP contribution in [-0.4, -0.2) is 30.2 Å². The van der Waals surface area contributed by atoms with Crippen molar-refractivity contribution in [2.24, 2.45) is 0 Å². The van der Waals surface area contributed by atoms with E-state index in [-0.39, 0.29) is 11.6 Å². The SMILES string of the molecule is CC(C)(C)OC=O.CNC(C)c1ccc(C(=O)O)cc1Br. The molecule has 0 heterocycles. The highest BCUT2D eigenvalue weighted by Gasteiger charge is 2.10. The van der Waals surface area contributed by atoms with Crippen molar-refractivity contribution in [1.82, 2.24) is 5.32 Å². The lowest BCUT2D eigenvalue weighted by Gasteiger charge is -2.14. The predicted molar refractivity (Wildman–Crippen MR) is 85.5 cm³/mol. The van der Waals surface area contributed by atoms with Gasteiger partial charge in [0, 0.05) is 10.5 Å². The second-order valence-electron chi connectivity index (χ2n) is 5.38. The first kappa shape index (κ1) is 19.6. The Labute approximate surface area is 133 Å². The lowest BCUT2D eigenvalue weighted by Crippen LogP contribution is -2.17. The second kappa shape index (κ2) is 8.79. The highest BCUT2D eigenvalue weighted by molar-refractivity contribution is 9.10. The van der Waals surface area contributed by atoms with Crippen LogP contribution in [-0.2, 0) is 9.53 Å². The highest BCUT2D eigenvalue weighted by Crippen LogP contribution is 2.24. The van der Waals surface area contributed by atoms with E-state index < -0.39 is 5.97 Å². The van der Waals surface area contributed by atoms with Gasteiger partial charge in [-0.3, -0.25) is 4.79 Å². The number of carbonyl (C=O) groups excluding carboxylic acids is 1. The first-order valence-corrected chi connectivity index (χ1v) is 7.23. The number of carboxylic acids is 1. The van der Waals surface area contributed by atoms with Gasteiger partial charge in [0.15, 0.2) is 0 Å². The summed E-state index contributed by atoms with van der Waals surface area (Å²) in [5.74, 6) is -0.908. The van der Waals surface area contributed by atoms with Crippen molar-refractivity contribution in [2.45, 2.75) is 39.3 Å². The van der Waals surface area contributed by atoms with Gasteiger partial charge in [0.1, 0.15) is 5.60 Å². The molecule has 0 aromatic heterocycles. The van der Waals surface area contributed by atoms with Gasteiger partial charge in [0.2, 0.25) is 0 Å². The first-order chi connectivity index (χ1) is 9.62. The third-order valence-corrected chi connectivity index (χ3v) is 3.24. The van der Waals surface area contributed by atoms with Gasteiger partial charge in [-0.2, -0.15) is 0 Å². The number of hydrogen-bond donors (Lipinski definition) is 2. The third kappa shape index (κ3) is 7.82. The largest absolute Gasteiger partial charge is 0.478 e. The minimum atomic E-state index is -0.908. The molecular formula is C15H22BrNO4. The minimum absolute atomic E-state index is 0.201. The Balaban J connectivity index is 0.000000486. The summed E-state index contributed by atoms with van der Waals surface area (Å²) in [6, 6.07) is 5.24. The van der Waals surface area contributed by atoms with Crippen LogP contribution in [0.5, 0.6) is 0 Å². The number of ether oxygens (including phenoxy) is 1. The molecule has 1 aromatic carbocycles. The molecule has 1 rings (SSSR count). The maximum absolute atomic E-state index is 10.7. The number of aromatic carboxylic acids is 1. The molecule has 0 aliphatic rings. The Morgan fingerprint density at radius 2 is 2.00 bits per heavy atom. The summed E-state index contributed by atoms with van der Waals surface area (Å²) < 4.78 is 5.37. The Bertz CT molecular complexity index is 483. The zero-order valence-electron chi connectivity index (χ0n) is 12.9. The quantitative estimate of drug-likeness (QED) is 0.805. The molecule has 1 aromatic rings. The average molecular weight is 360 g/mol. The summed E-state index contributed by atoms with van der Waals surface area (Å²) in [7, 11) is 1.86. The van der Waals surface area contributed by atoms with Crippen molar-refractivity contribution >= 4 is 28.4 Å². The minimum Gasteiger partial charge on any atom is -0.478 e. The molecule has 5 nitrogen and oxygen atoms in total. The normalized spacial score (nSPS) is 11.9. The molecule has 0 bridgehead atoms. The van der Waals surface area contributed by atoms with E-state index in [0.29, 0.717) is 12.0 Å². The van der Waals surface area contributed by atoms with Crippen LogP contribution in [0, 0.1) is 0 Å². The molecule has 0 saturated heterocycles. The molecular weight excluding hydrogens is 338 g/mol. The molecule has 2 N–H and O–H groups in total. The molecule has 1 unspecified atom stereocenters. The van der Waals surface area contributed by atoms with Crippen molar-refractivity contribution in [3.8, 4) is 0 Å². The molecule has 0 saturated carbocycles. The molecule has 0 aliphatic carbocycles. The van der Waals surface area contributed by atoms with Crippen molar-refractivity contribution in [3.63, 3.8) is 0 Å². The molecule has 0 amide bonds. The van der Waals surface area contributed by atoms with E-state index in [4.69, 9.17) is 5.11 Å². The van der Waals surface area contributed by atoms with Crippen LogP contribution in [0.2, 0.25) is 0 Å². The molecule has 21 heavy (non-hydrogen) atoms. The molecule has 0 fully saturated rings. The zero-order valence-corrected chi connectivity index (χ0v) is 14.5. The van der Waals surface area contributed by atoms with Crippen molar-refractivity contribution < 1.29 is 19.4 Å². The maximum Gasteiger partial charge on any atom is 0.335 e. The molecule has 0 aliphatic heterocycles. The number of halogens is 1. The van der Waals surface area contributed by atoms with Gasteiger partial charge < -0.3 is 15.2 Å². The van der Waals surface area contributed by atoms with Crippen LogP contribution in [0.1, 0.15) is 49.7 Å². The van der Waals surface area contributed by atoms with Gasteiger partial charge in [-0.1, -0.05) is 22.0 Å². The number of nitrogens with one attached hydrogen (secondary N) is 1. The van der Waals surface area contributed by atoms with Gasteiger partial charge >= 0.3 is 5.97 Å². The first-order valence-electron chi connectivity index (χ1n) is 6.43. The number of carboxylic acid groups (broad SMARTS) is 1. The Morgan fingerprint density at radius 1 is 1.43 bits per heavy atom. The van der Waals surface area contributed by atoms with Crippen LogP contribution in [0.3, 0.4) is 0 Å². The van der Waals surface area contributed by atoms with Crippen LogP contribution in [0.25, 0.3) is 0 Å². The van der Waals surface area contributed by atoms with Crippen molar-refractivity contribution in [3.05, 3.63) is 33.8 Å². The monoisotopic (exact) mass is 359 g/mol. The maximum atomic E-state index is 10.7. The second-order valence-corrected chi connectivity index (χ2v) is 6.23. The van der Waals surface area contributed by atoms with Crippen LogP contribution in [0.4, 0.5) is 0 Å². The fourth-order valence-corrected chi connectivity index (χ4v) is 2.03. The summed E-state index contributed by atoms with van der Waals surface area (Å²) in [4.78, 5) is 20.3. The van der Waals surface area contributed by atoms with E-state index in [1.165, 1.54) is 0 Å².